The van der Waals surface area contributed by atoms with Gasteiger partial charge in [0.15, 0.2) is 0 Å². The third-order valence-electron chi connectivity index (χ3n) is 3.41. The molecule has 0 amide bonds. The molecule has 1 aromatic carbocycles. The van der Waals surface area contributed by atoms with Crippen LogP contribution >= 0.6 is 0 Å². The van der Waals surface area contributed by atoms with Crippen LogP contribution in [0.5, 0.6) is 0 Å². The molecule has 15 heavy (non-hydrogen) atoms. The molecule has 4 heteroatoms. The Morgan fingerprint density at radius 3 is 3.07 bits per heavy atom. The maximum absolute atomic E-state index is 13.0. The van der Waals surface area contributed by atoms with Gasteiger partial charge in [0.2, 0.25) is 0 Å². The highest BCUT2D eigenvalue weighted by molar-refractivity contribution is 5.61. The van der Waals surface area contributed by atoms with Gasteiger partial charge in [0.25, 0.3) is 0 Å². The zero-order valence-electron chi connectivity index (χ0n) is 8.26. The Kier molecular flexibility index (Phi) is 1.78. The Balaban J connectivity index is 2.04. The van der Waals surface area contributed by atoms with Crippen molar-refractivity contribution in [3.63, 3.8) is 0 Å². The molecule has 1 spiro atoms. The van der Waals surface area contributed by atoms with Crippen molar-refractivity contribution in [2.75, 3.05) is 18.4 Å². The van der Waals surface area contributed by atoms with Crippen LogP contribution in [0.25, 0.3) is 0 Å². The summed E-state index contributed by atoms with van der Waals surface area (Å²) >= 11 is 0. The van der Waals surface area contributed by atoms with Crippen molar-refractivity contribution in [2.45, 2.75) is 18.1 Å². The van der Waals surface area contributed by atoms with E-state index in [-0.39, 0.29) is 11.4 Å². The number of aliphatic hydroxyl groups excluding tert-OH is 1. The summed E-state index contributed by atoms with van der Waals surface area (Å²) in [6, 6.07) is 4.51. The van der Waals surface area contributed by atoms with E-state index in [1.54, 1.807) is 6.07 Å². The average molecular weight is 208 g/mol. The molecule has 1 aromatic rings. The fourth-order valence-electron chi connectivity index (χ4n) is 2.56. The molecule has 3 N–H and O–H groups in total. The van der Waals surface area contributed by atoms with Gasteiger partial charge in [0.05, 0.1) is 5.54 Å². The summed E-state index contributed by atoms with van der Waals surface area (Å²) in [6.45, 7) is 1.62. The molecule has 3 rings (SSSR count). The largest absolute Gasteiger partial charge is 0.386 e. The van der Waals surface area contributed by atoms with Crippen molar-refractivity contribution in [1.29, 1.82) is 0 Å². The molecule has 0 aliphatic carbocycles. The fraction of sp³-hybridized carbons (Fsp3) is 0.455. The minimum atomic E-state index is -0.539. The van der Waals surface area contributed by atoms with Gasteiger partial charge >= 0.3 is 0 Å². The van der Waals surface area contributed by atoms with Crippen molar-refractivity contribution in [3.05, 3.63) is 29.6 Å². The van der Waals surface area contributed by atoms with E-state index in [2.05, 4.69) is 10.6 Å². The molecule has 80 valence electrons. The number of fused-ring (bicyclic) bond motifs is 1. The van der Waals surface area contributed by atoms with E-state index in [0.29, 0.717) is 0 Å². The molecule has 0 saturated carbocycles. The molecule has 0 radical (unpaired) electrons. The highest BCUT2D eigenvalue weighted by atomic mass is 19.1. The molecule has 1 saturated heterocycles. The van der Waals surface area contributed by atoms with Gasteiger partial charge in [0, 0.05) is 17.8 Å². The number of hydrogen-bond donors (Lipinski definition) is 3. The number of anilines is 1. The zero-order valence-corrected chi connectivity index (χ0v) is 8.26. The Labute approximate surface area is 87.3 Å². The summed E-state index contributed by atoms with van der Waals surface area (Å²) in [7, 11) is 0. The van der Waals surface area contributed by atoms with Crippen molar-refractivity contribution < 1.29 is 9.50 Å². The van der Waals surface area contributed by atoms with E-state index in [4.69, 9.17) is 0 Å². The summed E-state index contributed by atoms with van der Waals surface area (Å²) in [5.41, 5.74) is 1.21. The Morgan fingerprint density at radius 1 is 1.47 bits per heavy atom. The van der Waals surface area contributed by atoms with Crippen LogP contribution in [0, 0.1) is 5.82 Å². The molecule has 0 bridgehead atoms. The predicted octanol–water partition coefficient (Wildman–Crippen LogP) is 1.02. The predicted molar refractivity (Wildman–Crippen MR) is 55.2 cm³/mol. The SMILES string of the molecule is OC1c2ccc(F)cc2NC12CCNC2. The summed E-state index contributed by atoms with van der Waals surface area (Å²) in [5, 5.41) is 16.7. The first-order chi connectivity index (χ1) is 7.21. The summed E-state index contributed by atoms with van der Waals surface area (Å²) in [6.07, 6.45) is 0.327. The number of nitrogens with one attached hydrogen (secondary N) is 2. The molecule has 1 fully saturated rings. The second kappa shape index (κ2) is 2.93. The molecule has 2 aliphatic rings. The Bertz CT molecular complexity index is 402. The van der Waals surface area contributed by atoms with E-state index in [9.17, 15) is 9.50 Å². The summed E-state index contributed by atoms with van der Waals surface area (Å²) < 4.78 is 13.0. The van der Waals surface area contributed by atoms with Crippen LogP contribution < -0.4 is 10.6 Å². The van der Waals surface area contributed by atoms with Gasteiger partial charge in [-0.2, -0.15) is 0 Å². The molecule has 3 nitrogen and oxygen atoms in total. The Hall–Kier alpha value is -1.13. The highest BCUT2D eigenvalue weighted by Gasteiger charge is 2.46. The van der Waals surface area contributed by atoms with Crippen LogP contribution in [0.4, 0.5) is 10.1 Å². The first-order valence-electron chi connectivity index (χ1n) is 5.18. The topological polar surface area (TPSA) is 44.3 Å². The van der Waals surface area contributed by atoms with Gasteiger partial charge in [-0.05, 0) is 25.1 Å². The van der Waals surface area contributed by atoms with Gasteiger partial charge < -0.3 is 15.7 Å². The smallest absolute Gasteiger partial charge is 0.125 e. The maximum Gasteiger partial charge on any atom is 0.125 e. The highest BCUT2D eigenvalue weighted by Crippen LogP contribution is 2.44. The lowest BCUT2D eigenvalue weighted by molar-refractivity contribution is 0.118. The molecule has 2 heterocycles. The Morgan fingerprint density at radius 2 is 2.33 bits per heavy atom. The van der Waals surface area contributed by atoms with Crippen molar-refractivity contribution in [3.8, 4) is 0 Å². The number of hydrogen-bond acceptors (Lipinski definition) is 3. The number of rotatable bonds is 0. The second-order valence-electron chi connectivity index (χ2n) is 4.34. The first-order valence-corrected chi connectivity index (χ1v) is 5.18. The standard InChI is InChI=1S/C11H13FN2O/c12-7-1-2-8-9(5-7)14-11(10(8)15)3-4-13-6-11/h1-2,5,10,13-15H,3-4,6H2. The third kappa shape index (κ3) is 1.18. The van der Waals surface area contributed by atoms with Crippen LogP contribution in [0.1, 0.15) is 18.1 Å². The fourth-order valence-corrected chi connectivity index (χ4v) is 2.56. The summed E-state index contributed by atoms with van der Waals surface area (Å²) in [4.78, 5) is 0. The van der Waals surface area contributed by atoms with E-state index in [0.717, 1.165) is 30.8 Å². The lowest BCUT2D eigenvalue weighted by Gasteiger charge is -2.27. The van der Waals surface area contributed by atoms with Crippen LogP contribution in [0.2, 0.25) is 0 Å². The number of halogens is 1. The molecule has 0 aromatic heterocycles. The maximum atomic E-state index is 13.0. The normalized spacial score (nSPS) is 33.1. The minimum absolute atomic E-state index is 0.267. The van der Waals surface area contributed by atoms with Crippen LogP contribution in [-0.2, 0) is 0 Å². The van der Waals surface area contributed by atoms with Crippen LogP contribution in [0.3, 0.4) is 0 Å². The first kappa shape index (κ1) is 9.12. The minimum Gasteiger partial charge on any atom is -0.386 e. The van der Waals surface area contributed by atoms with E-state index in [1.807, 2.05) is 0 Å². The van der Waals surface area contributed by atoms with E-state index < -0.39 is 6.10 Å². The van der Waals surface area contributed by atoms with Crippen LogP contribution in [0.15, 0.2) is 18.2 Å². The third-order valence-corrected chi connectivity index (χ3v) is 3.41. The zero-order chi connectivity index (χ0) is 10.5. The molecule has 2 aliphatic heterocycles. The van der Waals surface area contributed by atoms with Crippen LogP contribution in [-0.4, -0.2) is 23.7 Å². The lowest BCUT2D eigenvalue weighted by Crippen LogP contribution is -2.41. The summed E-state index contributed by atoms with van der Waals surface area (Å²) in [5.74, 6) is -0.267. The molecular weight excluding hydrogens is 195 g/mol. The van der Waals surface area contributed by atoms with Gasteiger partial charge in [-0.25, -0.2) is 4.39 Å². The molecular formula is C11H13FN2O. The molecule has 2 atom stereocenters. The van der Waals surface area contributed by atoms with E-state index >= 15 is 0 Å². The lowest BCUT2D eigenvalue weighted by atomic mass is 9.91. The van der Waals surface area contributed by atoms with Gasteiger partial charge in [-0.15, -0.1) is 0 Å². The van der Waals surface area contributed by atoms with E-state index in [1.165, 1.54) is 12.1 Å². The van der Waals surface area contributed by atoms with Crippen molar-refractivity contribution in [1.82, 2.24) is 5.32 Å². The van der Waals surface area contributed by atoms with Gasteiger partial charge in [0.1, 0.15) is 11.9 Å². The van der Waals surface area contributed by atoms with Gasteiger partial charge in [-0.3, -0.25) is 0 Å². The average Bonchev–Trinajstić information content (AvgIpc) is 2.76. The van der Waals surface area contributed by atoms with Crippen molar-refractivity contribution >= 4 is 5.69 Å². The second-order valence-corrected chi connectivity index (χ2v) is 4.34. The monoisotopic (exact) mass is 208 g/mol. The quantitative estimate of drug-likeness (QED) is 0.596. The molecule has 2 unspecified atom stereocenters. The number of benzene rings is 1. The number of aliphatic hydroxyl groups is 1. The van der Waals surface area contributed by atoms with Gasteiger partial charge in [-0.1, -0.05) is 6.07 Å². The van der Waals surface area contributed by atoms with Crippen molar-refractivity contribution in [2.24, 2.45) is 0 Å².